The minimum absolute atomic E-state index is 0.0575. The third kappa shape index (κ3) is 2.54. The normalized spacial score (nSPS) is 24.4. The summed E-state index contributed by atoms with van der Waals surface area (Å²) < 4.78 is 0. The largest absolute Gasteiger partial charge is 0.394 e. The standard InChI is InChI=1S/C18H20ClNO/c1-13-10-11-18(12-21,15-7-3-2-6-14(13)15)20-17-9-5-4-8-16(17)19/h2-9,13,20-21H,10-12H2,1H3. The summed E-state index contributed by atoms with van der Waals surface area (Å²) in [5.74, 6) is 0.522. The van der Waals surface area contributed by atoms with Crippen LogP contribution in [0.15, 0.2) is 48.5 Å². The summed E-state index contributed by atoms with van der Waals surface area (Å²) in [6, 6.07) is 16.1. The number of rotatable bonds is 3. The lowest BCUT2D eigenvalue weighted by atomic mass is 9.72. The van der Waals surface area contributed by atoms with Crippen molar-refractivity contribution in [3.8, 4) is 0 Å². The number of nitrogens with one attached hydrogen (secondary N) is 1. The van der Waals surface area contributed by atoms with E-state index < -0.39 is 5.54 Å². The van der Waals surface area contributed by atoms with E-state index in [4.69, 9.17) is 11.6 Å². The molecular weight excluding hydrogens is 282 g/mol. The van der Waals surface area contributed by atoms with Crippen molar-refractivity contribution in [2.45, 2.75) is 31.2 Å². The van der Waals surface area contributed by atoms with Gasteiger partial charge in [0, 0.05) is 0 Å². The van der Waals surface area contributed by atoms with Crippen molar-refractivity contribution < 1.29 is 5.11 Å². The van der Waals surface area contributed by atoms with Gasteiger partial charge in [0.05, 0.1) is 22.9 Å². The van der Waals surface area contributed by atoms with E-state index in [9.17, 15) is 5.11 Å². The number of anilines is 1. The van der Waals surface area contributed by atoms with E-state index in [0.29, 0.717) is 10.9 Å². The van der Waals surface area contributed by atoms with E-state index in [1.807, 2.05) is 30.3 Å². The average molecular weight is 302 g/mol. The van der Waals surface area contributed by atoms with Crippen LogP contribution in [0.3, 0.4) is 0 Å². The first-order chi connectivity index (χ1) is 10.2. The molecule has 0 radical (unpaired) electrons. The summed E-state index contributed by atoms with van der Waals surface area (Å²) >= 11 is 6.27. The average Bonchev–Trinajstić information content (AvgIpc) is 2.53. The molecule has 2 unspecified atom stereocenters. The van der Waals surface area contributed by atoms with E-state index in [1.54, 1.807) is 0 Å². The van der Waals surface area contributed by atoms with Gasteiger partial charge in [0.25, 0.3) is 0 Å². The van der Waals surface area contributed by atoms with Crippen molar-refractivity contribution >= 4 is 17.3 Å². The molecule has 0 saturated heterocycles. The van der Waals surface area contributed by atoms with Gasteiger partial charge in [-0.25, -0.2) is 0 Å². The van der Waals surface area contributed by atoms with Crippen LogP contribution in [0.2, 0.25) is 5.02 Å². The zero-order valence-electron chi connectivity index (χ0n) is 12.1. The molecule has 2 aromatic rings. The molecule has 0 bridgehead atoms. The second-order valence-electron chi connectivity index (χ2n) is 5.87. The minimum atomic E-state index is -0.450. The van der Waals surface area contributed by atoms with Gasteiger partial charge in [0.1, 0.15) is 0 Å². The smallest absolute Gasteiger partial charge is 0.0860 e. The van der Waals surface area contributed by atoms with Crippen molar-refractivity contribution in [2.24, 2.45) is 0 Å². The highest BCUT2D eigenvalue weighted by atomic mass is 35.5. The van der Waals surface area contributed by atoms with Crippen LogP contribution in [0, 0.1) is 0 Å². The first-order valence-corrected chi connectivity index (χ1v) is 7.77. The van der Waals surface area contributed by atoms with Crippen LogP contribution >= 0.6 is 11.6 Å². The van der Waals surface area contributed by atoms with E-state index in [0.717, 1.165) is 18.5 Å². The van der Waals surface area contributed by atoms with Gasteiger partial charge < -0.3 is 10.4 Å². The highest BCUT2D eigenvalue weighted by Crippen LogP contribution is 2.43. The molecule has 3 rings (SSSR count). The zero-order chi connectivity index (χ0) is 14.9. The molecule has 21 heavy (non-hydrogen) atoms. The minimum Gasteiger partial charge on any atom is -0.394 e. The number of benzene rings is 2. The second kappa shape index (κ2) is 5.70. The van der Waals surface area contributed by atoms with Crippen LogP contribution in [-0.2, 0) is 5.54 Å². The Morgan fingerprint density at radius 3 is 2.67 bits per heavy atom. The third-order valence-electron chi connectivity index (χ3n) is 4.53. The first-order valence-electron chi connectivity index (χ1n) is 7.39. The number of hydrogen-bond acceptors (Lipinski definition) is 2. The molecule has 1 aliphatic carbocycles. The summed E-state index contributed by atoms with van der Waals surface area (Å²) in [6.07, 6.45) is 1.95. The summed E-state index contributed by atoms with van der Waals surface area (Å²) in [5.41, 5.74) is 2.93. The fourth-order valence-corrected chi connectivity index (χ4v) is 3.45. The number of halogens is 1. The molecule has 0 fully saturated rings. The Morgan fingerprint density at radius 1 is 1.19 bits per heavy atom. The number of aliphatic hydroxyl groups is 1. The van der Waals surface area contributed by atoms with Crippen LogP contribution < -0.4 is 5.32 Å². The Labute approximate surface area is 130 Å². The summed E-state index contributed by atoms with van der Waals surface area (Å²) in [7, 11) is 0. The third-order valence-corrected chi connectivity index (χ3v) is 4.86. The molecule has 2 atom stereocenters. The molecule has 0 heterocycles. The second-order valence-corrected chi connectivity index (χ2v) is 6.28. The first kappa shape index (κ1) is 14.4. The fourth-order valence-electron chi connectivity index (χ4n) is 3.27. The van der Waals surface area contributed by atoms with Crippen molar-refractivity contribution in [3.63, 3.8) is 0 Å². The SMILES string of the molecule is CC1CCC(CO)(Nc2ccccc2Cl)c2ccccc21. The molecule has 0 aliphatic heterocycles. The predicted octanol–water partition coefficient (Wildman–Crippen LogP) is 4.54. The van der Waals surface area contributed by atoms with Gasteiger partial charge in [-0.05, 0) is 42.0 Å². The molecule has 3 heteroatoms. The van der Waals surface area contributed by atoms with Gasteiger partial charge in [0.2, 0.25) is 0 Å². The maximum Gasteiger partial charge on any atom is 0.0860 e. The molecular formula is C18H20ClNO. The Balaban J connectivity index is 2.05. The molecule has 2 nitrogen and oxygen atoms in total. The highest BCUT2D eigenvalue weighted by Gasteiger charge is 2.38. The highest BCUT2D eigenvalue weighted by molar-refractivity contribution is 6.33. The molecule has 0 saturated carbocycles. The van der Waals surface area contributed by atoms with Gasteiger partial charge in [-0.2, -0.15) is 0 Å². The Bertz CT molecular complexity index is 643. The molecule has 0 amide bonds. The summed E-state index contributed by atoms with van der Waals surface area (Å²) in [5, 5.41) is 14.3. The maximum atomic E-state index is 10.1. The monoisotopic (exact) mass is 301 g/mol. The quantitative estimate of drug-likeness (QED) is 0.872. The van der Waals surface area contributed by atoms with Gasteiger partial charge in [-0.15, -0.1) is 0 Å². The lowest BCUT2D eigenvalue weighted by Crippen LogP contribution is -2.42. The van der Waals surface area contributed by atoms with Crippen LogP contribution in [0.1, 0.15) is 36.8 Å². The van der Waals surface area contributed by atoms with Crippen molar-refractivity contribution in [1.82, 2.24) is 0 Å². The molecule has 110 valence electrons. The lowest BCUT2D eigenvalue weighted by Gasteiger charge is -2.41. The van der Waals surface area contributed by atoms with Gasteiger partial charge in [-0.1, -0.05) is 54.9 Å². The zero-order valence-corrected chi connectivity index (χ0v) is 12.9. The molecule has 0 aromatic heterocycles. The topological polar surface area (TPSA) is 32.3 Å². The van der Waals surface area contributed by atoms with Crippen LogP contribution in [-0.4, -0.2) is 11.7 Å². The van der Waals surface area contributed by atoms with E-state index in [1.165, 1.54) is 11.1 Å². The Morgan fingerprint density at radius 2 is 1.90 bits per heavy atom. The van der Waals surface area contributed by atoms with Gasteiger partial charge in [0.15, 0.2) is 0 Å². The van der Waals surface area contributed by atoms with Crippen molar-refractivity contribution in [3.05, 3.63) is 64.7 Å². The van der Waals surface area contributed by atoms with Crippen molar-refractivity contribution in [1.29, 1.82) is 0 Å². The lowest BCUT2D eigenvalue weighted by molar-refractivity contribution is 0.190. The van der Waals surface area contributed by atoms with E-state index in [-0.39, 0.29) is 6.61 Å². The Hall–Kier alpha value is -1.51. The van der Waals surface area contributed by atoms with E-state index >= 15 is 0 Å². The number of para-hydroxylation sites is 1. The molecule has 0 spiro atoms. The number of hydrogen-bond donors (Lipinski definition) is 2. The van der Waals surface area contributed by atoms with Gasteiger partial charge >= 0.3 is 0 Å². The summed E-state index contributed by atoms with van der Waals surface area (Å²) in [6.45, 7) is 2.30. The van der Waals surface area contributed by atoms with E-state index in [2.05, 4.69) is 30.4 Å². The molecule has 2 N–H and O–H groups in total. The number of aliphatic hydroxyl groups excluding tert-OH is 1. The molecule has 1 aliphatic rings. The predicted molar refractivity (Wildman–Crippen MR) is 87.9 cm³/mol. The fraction of sp³-hybridized carbons (Fsp3) is 0.333. The number of fused-ring (bicyclic) bond motifs is 1. The van der Waals surface area contributed by atoms with Gasteiger partial charge in [-0.3, -0.25) is 0 Å². The molecule has 2 aromatic carbocycles. The van der Waals surface area contributed by atoms with Crippen LogP contribution in [0.4, 0.5) is 5.69 Å². The maximum absolute atomic E-state index is 10.1. The summed E-state index contributed by atoms with van der Waals surface area (Å²) in [4.78, 5) is 0. The van der Waals surface area contributed by atoms with Crippen molar-refractivity contribution in [2.75, 3.05) is 11.9 Å². The van der Waals surface area contributed by atoms with Crippen LogP contribution in [0.25, 0.3) is 0 Å². The van der Waals surface area contributed by atoms with Crippen LogP contribution in [0.5, 0.6) is 0 Å². The Kier molecular flexibility index (Phi) is 3.92.